The van der Waals surface area contributed by atoms with Crippen LogP contribution in [-0.2, 0) is 4.74 Å². The highest BCUT2D eigenvalue weighted by Gasteiger charge is 2.27. The molecule has 1 saturated heterocycles. The number of aromatic amines is 1. The number of hydrogen-bond acceptors (Lipinski definition) is 5. The predicted octanol–water partition coefficient (Wildman–Crippen LogP) is 3.38. The normalized spacial score (nSPS) is 20.3. The van der Waals surface area contributed by atoms with Gasteiger partial charge in [-0.3, -0.25) is 5.10 Å². The standard InChI is InChI=1S/C21H22N6O/c1-13-12-28-9-8-26(13)20-7-6-19-22-11-18(27(19)25-20)15-4-5-17-16(10-15)21(24-23-17)14-2-3-14/h4-7,10-11,13-14H,2-3,8-9,12H2,1H3,(H,23,24)/t13-/m1/s1. The number of imidazole rings is 1. The van der Waals surface area contributed by atoms with E-state index in [2.05, 4.69) is 51.3 Å². The van der Waals surface area contributed by atoms with E-state index >= 15 is 0 Å². The van der Waals surface area contributed by atoms with Crippen LogP contribution in [0, 0.1) is 0 Å². The van der Waals surface area contributed by atoms with Gasteiger partial charge in [0, 0.05) is 29.1 Å². The predicted molar refractivity (Wildman–Crippen MR) is 108 cm³/mol. The number of hydrogen-bond donors (Lipinski definition) is 1. The average Bonchev–Trinajstić information content (AvgIpc) is 3.34. The van der Waals surface area contributed by atoms with E-state index in [0.717, 1.165) is 48.0 Å². The van der Waals surface area contributed by atoms with Gasteiger partial charge >= 0.3 is 0 Å². The lowest BCUT2D eigenvalue weighted by atomic mass is 10.1. The van der Waals surface area contributed by atoms with Crippen molar-refractivity contribution in [1.29, 1.82) is 0 Å². The maximum absolute atomic E-state index is 5.57. The van der Waals surface area contributed by atoms with Crippen molar-refractivity contribution in [2.24, 2.45) is 0 Å². The van der Waals surface area contributed by atoms with E-state index in [9.17, 15) is 0 Å². The summed E-state index contributed by atoms with van der Waals surface area (Å²) in [5.74, 6) is 1.60. The van der Waals surface area contributed by atoms with Crippen LogP contribution in [0.3, 0.4) is 0 Å². The monoisotopic (exact) mass is 374 g/mol. The van der Waals surface area contributed by atoms with E-state index in [4.69, 9.17) is 9.84 Å². The van der Waals surface area contributed by atoms with Gasteiger partial charge in [0.2, 0.25) is 0 Å². The first-order valence-corrected chi connectivity index (χ1v) is 9.95. The van der Waals surface area contributed by atoms with E-state index in [1.165, 1.54) is 23.9 Å². The molecule has 4 aromatic rings. The molecule has 3 aromatic heterocycles. The lowest BCUT2D eigenvalue weighted by Crippen LogP contribution is -2.44. The van der Waals surface area contributed by atoms with Gasteiger partial charge in [0.05, 0.1) is 36.7 Å². The van der Waals surface area contributed by atoms with Crippen molar-refractivity contribution in [3.63, 3.8) is 0 Å². The molecule has 0 bridgehead atoms. The number of benzene rings is 1. The summed E-state index contributed by atoms with van der Waals surface area (Å²) in [7, 11) is 0. The molecule has 0 amide bonds. The molecule has 1 saturated carbocycles. The number of fused-ring (bicyclic) bond motifs is 2. The molecule has 4 heterocycles. The summed E-state index contributed by atoms with van der Waals surface area (Å²) in [5, 5.41) is 13.8. The molecular formula is C21H22N6O. The first-order valence-electron chi connectivity index (χ1n) is 9.95. The van der Waals surface area contributed by atoms with E-state index in [1.807, 2.05) is 16.8 Å². The fourth-order valence-corrected chi connectivity index (χ4v) is 4.15. The Hall–Kier alpha value is -2.93. The van der Waals surface area contributed by atoms with Crippen LogP contribution in [-0.4, -0.2) is 50.6 Å². The van der Waals surface area contributed by atoms with Crippen LogP contribution >= 0.6 is 0 Å². The Balaban J connectivity index is 1.46. The molecule has 1 aliphatic heterocycles. The first kappa shape index (κ1) is 16.1. The summed E-state index contributed by atoms with van der Waals surface area (Å²) >= 11 is 0. The molecule has 2 aliphatic rings. The molecule has 0 unspecified atom stereocenters. The van der Waals surface area contributed by atoms with Gasteiger partial charge in [0.15, 0.2) is 5.65 Å². The van der Waals surface area contributed by atoms with Gasteiger partial charge in [0.1, 0.15) is 5.82 Å². The number of morpholine rings is 1. The Bertz CT molecular complexity index is 1170. The average molecular weight is 374 g/mol. The molecule has 7 heteroatoms. The van der Waals surface area contributed by atoms with Crippen LogP contribution in [0.2, 0.25) is 0 Å². The Labute approximate surface area is 162 Å². The highest BCUT2D eigenvalue weighted by Crippen LogP contribution is 2.42. The van der Waals surface area contributed by atoms with Gasteiger partial charge < -0.3 is 9.64 Å². The van der Waals surface area contributed by atoms with Crippen LogP contribution in [0.1, 0.15) is 31.4 Å². The van der Waals surface area contributed by atoms with Gasteiger partial charge in [-0.15, -0.1) is 5.10 Å². The minimum absolute atomic E-state index is 0.314. The zero-order chi connectivity index (χ0) is 18.7. The summed E-state index contributed by atoms with van der Waals surface area (Å²) < 4.78 is 7.52. The SMILES string of the molecule is C[C@@H]1COCCN1c1ccc2ncc(-c3ccc4n[nH]c(C5CC5)c4c3)n2n1. The Kier molecular flexibility index (Phi) is 3.46. The molecule has 6 rings (SSSR count). The van der Waals surface area contributed by atoms with Crippen molar-refractivity contribution in [3.8, 4) is 11.3 Å². The molecule has 1 aliphatic carbocycles. The third-order valence-corrected chi connectivity index (χ3v) is 5.88. The molecule has 1 aromatic carbocycles. The minimum atomic E-state index is 0.314. The Morgan fingerprint density at radius 3 is 2.96 bits per heavy atom. The van der Waals surface area contributed by atoms with Crippen LogP contribution in [0.15, 0.2) is 36.5 Å². The lowest BCUT2D eigenvalue weighted by Gasteiger charge is -2.34. The van der Waals surface area contributed by atoms with Gasteiger partial charge in [-0.2, -0.15) is 5.10 Å². The number of H-pyrrole nitrogens is 1. The number of ether oxygens (including phenoxy) is 1. The van der Waals surface area contributed by atoms with E-state index in [-0.39, 0.29) is 0 Å². The van der Waals surface area contributed by atoms with Gasteiger partial charge in [-0.25, -0.2) is 9.50 Å². The molecule has 7 nitrogen and oxygen atoms in total. The van der Waals surface area contributed by atoms with E-state index in [0.29, 0.717) is 12.0 Å². The second-order valence-corrected chi connectivity index (χ2v) is 7.87. The fourth-order valence-electron chi connectivity index (χ4n) is 4.15. The van der Waals surface area contributed by atoms with Crippen molar-refractivity contribution in [2.75, 3.05) is 24.7 Å². The number of nitrogens with zero attached hydrogens (tertiary/aromatic N) is 5. The topological polar surface area (TPSA) is 71.3 Å². The molecule has 1 N–H and O–H groups in total. The van der Waals surface area contributed by atoms with Crippen molar-refractivity contribution < 1.29 is 4.74 Å². The summed E-state index contributed by atoms with van der Waals surface area (Å²) in [6.45, 7) is 4.50. The van der Waals surface area contributed by atoms with Gasteiger partial charge in [-0.1, -0.05) is 6.07 Å². The number of aromatic nitrogens is 5. The molecule has 1 atom stereocenters. The van der Waals surface area contributed by atoms with Gasteiger partial charge in [0.25, 0.3) is 0 Å². The zero-order valence-electron chi connectivity index (χ0n) is 15.8. The highest BCUT2D eigenvalue weighted by molar-refractivity contribution is 5.87. The van der Waals surface area contributed by atoms with Crippen LogP contribution in [0.25, 0.3) is 27.8 Å². The van der Waals surface area contributed by atoms with Crippen molar-refractivity contribution >= 4 is 22.4 Å². The minimum Gasteiger partial charge on any atom is -0.377 e. The van der Waals surface area contributed by atoms with Crippen LogP contribution < -0.4 is 4.90 Å². The number of rotatable bonds is 3. The second-order valence-electron chi connectivity index (χ2n) is 7.87. The molecular weight excluding hydrogens is 352 g/mol. The summed E-state index contributed by atoms with van der Waals surface area (Å²) in [5.41, 5.74) is 5.26. The summed E-state index contributed by atoms with van der Waals surface area (Å²) in [6, 6.07) is 10.8. The quantitative estimate of drug-likeness (QED) is 0.595. The van der Waals surface area contributed by atoms with Crippen LogP contribution in [0.4, 0.5) is 5.82 Å². The van der Waals surface area contributed by atoms with E-state index < -0.39 is 0 Å². The fraction of sp³-hybridized carbons (Fsp3) is 0.381. The molecule has 2 fully saturated rings. The molecule has 28 heavy (non-hydrogen) atoms. The number of anilines is 1. The maximum Gasteiger partial charge on any atom is 0.154 e. The first-order chi connectivity index (χ1) is 13.8. The van der Waals surface area contributed by atoms with E-state index in [1.54, 1.807) is 0 Å². The Morgan fingerprint density at radius 2 is 2.11 bits per heavy atom. The van der Waals surface area contributed by atoms with Crippen molar-refractivity contribution in [3.05, 3.63) is 42.2 Å². The zero-order valence-corrected chi connectivity index (χ0v) is 15.8. The highest BCUT2D eigenvalue weighted by atomic mass is 16.5. The smallest absolute Gasteiger partial charge is 0.154 e. The lowest BCUT2D eigenvalue weighted by molar-refractivity contribution is 0.0984. The van der Waals surface area contributed by atoms with Gasteiger partial charge in [-0.05, 0) is 44.0 Å². The third kappa shape index (κ3) is 2.50. The molecule has 0 radical (unpaired) electrons. The maximum atomic E-state index is 5.57. The molecule has 142 valence electrons. The number of nitrogens with one attached hydrogen (secondary N) is 1. The summed E-state index contributed by atoms with van der Waals surface area (Å²) in [4.78, 5) is 6.87. The van der Waals surface area contributed by atoms with Crippen LogP contribution in [0.5, 0.6) is 0 Å². The van der Waals surface area contributed by atoms with Crippen molar-refractivity contribution in [1.82, 2.24) is 24.8 Å². The molecule has 0 spiro atoms. The third-order valence-electron chi connectivity index (χ3n) is 5.88. The Morgan fingerprint density at radius 1 is 1.18 bits per heavy atom. The summed E-state index contributed by atoms with van der Waals surface area (Å²) in [6.07, 6.45) is 4.41. The second kappa shape index (κ2) is 6.04. The van der Waals surface area contributed by atoms with Crippen molar-refractivity contribution in [2.45, 2.75) is 31.7 Å². The largest absolute Gasteiger partial charge is 0.377 e.